The van der Waals surface area contributed by atoms with Gasteiger partial charge in [-0.2, -0.15) is 0 Å². The maximum atomic E-state index is 15.0. The van der Waals surface area contributed by atoms with Gasteiger partial charge >= 0.3 is 0 Å². The highest BCUT2D eigenvalue weighted by molar-refractivity contribution is 7.92. The molecule has 0 saturated heterocycles. The molecule has 1 N–H and O–H groups in total. The number of amides is 2. The average Bonchev–Trinajstić information content (AvgIpc) is 3.01. The van der Waals surface area contributed by atoms with Gasteiger partial charge in [0.15, 0.2) is 0 Å². The van der Waals surface area contributed by atoms with Crippen LogP contribution in [-0.4, -0.2) is 44.3 Å². The van der Waals surface area contributed by atoms with Crippen molar-refractivity contribution >= 4 is 39.1 Å². The standard InChI is InChI=1S/C35H37ClFN3O4S/c1-25(2)22-38-35(42)33(21-27-11-5-4-6-12-27)39(23-28-13-7-8-15-32(28)37)34(41)24-40(30-14-9-10-26(3)20-30)45(43,44)31-18-16-29(36)17-19-31/h4-20,25,33H,21-24H2,1-3H3,(H,38,42)/t33-/m1/s1. The molecule has 0 bridgehead atoms. The Balaban J connectivity index is 1.81. The number of carbonyl (C=O) groups is 2. The van der Waals surface area contributed by atoms with Crippen molar-refractivity contribution in [3.05, 3.63) is 131 Å². The van der Waals surface area contributed by atoms with Gasteiger partial charge in [0.25, 0.3) is 10.0 Å². The predicted octanol–water partition coefficient (Wildman–Crippen LogP) is 6.40. The van der Waals surface area contributed by atoms with E-state index in [2.05, 4.69) is 5.32 Å². The fourth-order valence-electron chi connectivity index (χ4n) is 4.83. The molecule has 45 heavy (non-hydrogen) atoms. The molecule has 0 aromatic heterocycles. The zero-order chi connectivity index (χ0) is 32.6. The van der Waals surface area contributed by atoms with Crippen molar-refractivity contribution in [3.8, 4) is 0 Å². The number of carbonyl (C=O) groups excluding carboxylic acids is 2. The SMILES string of the molecule is Cc1cccc(N(CC(=O)N(Cc2ccccc2F)[C@H](Cc2ccccc2)C(=O)NCC(C)C)S(=O)(=O)c2ccc(Cl)cc2)c1. The van der Waals surface area contributed by atoms with E-state index in [4.69, 9.17) is 11.6 Å². The zero-order valence-electron chi connectivity index (χ0n) is 25.5. The van der Waals surface area contributed by atoms with Crippen LogP contribution in [-0.2, 0) is 32.6 Å². The Hall–Kier alpha value is -4.21. The molecule has 10 heteroatoms. The summed E-state index contributed by atoms with van der Waals surface area (Å²) in [6.07, 6.45) is 0.138. The van der Waals surface area contributed by atoms with Crippen LogP contribution in [0.15, 0.2) is 108 Å². The molecule has 7 nitrogen and oxygen atoms in total. The molecular formula is C35H37ClFN3O4S. The van der Waals surface area contributed by atoms with Gasteiger partial charge in [-0.1, -0.05) is 86.1 Å². The fraction of sp³-hybridized carbons (Fsp3) is 0.257. The summed E-state index contributed by atoms with van der Waals surface area (Å²) in [5, 5.41) is 3.28. The Kier molecular flexibility index (Phi) is 11.4. The van der Waals surface area contributed by atoms with E-state index in [1.54, 1.807) is 36.4 Å². The number of anilines is 1. The van der Waals surface area contributed by atoms with Gasteiger partial charge in [0.2, 0.25) is 11.8 Å². The van der Waals surface area contributed by atoms with Crippen molar-refractivity contribution < 1.29 is 22.4 Å². The van der Waals surface area contributed by atoms with Crippen LogP contribution in [0.5, 0.6) is 0 Å². The summed E-state index contributed by atoms with van der Waals surface area (Å²) in [6.45, 7) is 5.21. The monoisotopic (exact) mass is 649 g/mol. The average molecular weight is 650 g/mol. The highest BCUT2D eigenvalue weighted by Gasteiger charge is 2.35. The van der Waals surface area contributed by atoms with Crippen LogP contribution in [0.2, 0.25) is 5.02 Å². The highest BCUT2D eigenvalue weighted by Crippen LogP contribution is 2.27. The van der Waals surface area contributed by atoms with E-state index < -0.39 is 40.2 Å². The van der Waals surface area contributed by atoms with E-state index >= 15 is 4.39 Å². The van der Waals surface area contributed by atoms with Crippen molar-refractivity contribution in [2.24, 2.45) is 5.92 Å². The smallest absolute Gasteiger partial charge is 0.264 e. The highest BCUT2D eigenvalue weighted by atomic mass is 35.5. The van der Waals surface area contributed by atoms with E-state index in [0.29, 0.717) is 11.6 Å². The molecule has 0 aliphatic heterocycles. The van der Waals surface area contributed by atoms with Crippen LogP contribution in [0.25, 0.3) is 0 Å². The zero-order valence-corrected chi connectivity index (χ0v) is 27.1. The molecule has 236 valence electrons. The number of hydrogen-bond acceptors (Lipinski definition) is 4. The lowest BCUT2D eigenvalue weighted by Gasteiger charge is -2.34. The van der Waals surface area contributed by atoms with Gasteiger partial charge in [0.05, 0.1) is 10.6 Å². The Morgan fingerprint density at radius 2 is 1.56 bits per heavy atom. The molecular weight excluding hydrogens is 613 g/mol. The van der Waals surface area contributed by atoms with Gasteiger partial charge < -0.3 is 10.2 Å². The van der Waals surface area contributed by atoms with Crippen molar-refractivity contribution in [1.82, 2.24) is 10.2 Å². The second-order valence-electron chi connectivity index (χ2n) is 11.3. The number of nitrogens with zero attached hydrogens (tertiary/aromatic N) is 2. The van der Waals surface area contributed by atoms with Gasteiger partial charge in [-0.3, -0.25) is 13.9 Å². The molecule has 0 aliphatic rings. The summed E-state index contributed by atoms with van der Waals surface area (Å²) in [5.41, 5.74) is 2.04. The molecule has 1 atom stereocenters. The second-order valence-corrected chi connectivity index (χ2v) is 13.6. The Morgan fingerprint density at radius 3 is 2.20 bits per heavy atom. The van der Waals surface area contributed by atoms with E-state index in [9.17, 15) is 18.0 Å². The molecule has 0 spiro atoms. The first-order valence-corrected chi connectivity index (χ1v) is 16.5. The molecule has 0 fully saturated rings. The predicted molar refractivity (Wildman–Crippen MR) is 176 cm³/mol. The second kappa shape index (κ2) is 15.2. The normalized spacial score (nSPS) is 12.0. The molecule has 0 saturated carbocycles. The molecule has 4 rings (SSSR count). The number of aryl methyl sites for hydroxylation is 1. The maximum Gasteiger partial charge on any atom is 0.264 e. The van der Waals surface area contributed by atoms with Crippen LogP contribution in [0.4, 0.5) is 10.1 Å². The van der Waals surface area contributed by atoms with Crippen molar-refractivity contribution in [1.29, 1.82) is 0 Å². The molecule has 0 aliphatic carbocycles. The topological polar surface area (TPSA) is 86.8 Å². The van der Waals surface area contributed by atoms with Crippen LogP contribution < -0.4 is 9.62 Å². The minimum absolute atomic E-state index is 0.0580. The van der Waals surface area contributed by atoms with Gasteiger partial charge in [-0.05, 0) is 66.4 Å². The summed E-state index contributed by atoms with van der Waals surface area (Å²) < 4.78 is 44.2. The number of sulfonamides is 1. The van der Waals surface area contributed by atoms with Gasteiger partial charge in [-0.15, -0.1) is 0 Å². The lowest BCUT2D eigenvalue weighted by atomic mass is 10.0. The number of halogens is 2. The summed E-state index contributed by atoms with van der Waals surface area (Å²) >= 11 is 6.03. The lowest BCUT2D eigenvalue weighted by Crippen LogP contribution is -2.53. The lowest BCUT2D eigenvalue weighted by molar-refractivity contribution is -0.140. The van der Waals surface area contributed by atoms with Crippen LogP contribution in [0.3, 0.4) is 0 Å². The third kappa shape index (κ3) is 8.93. The first-order chi connectivity index (χ1) is 21.5. The van der Waals surface area contributed by atoms with Gasteiger partial charge in [0, 0.05) is 30.1 Å². The first-order valence-electron chi connectivity index (χ1n) is 14.6. The third-order valence-electron chi connectivity index (χ3n) is 7.22. The largest absolute Gasteiger partial charge is 0.354 e. The molecule has 0 heterocycles. The summed E-state index contributed by atoms with van der Waals surface area (Å²) in [5.74, 6) is -1.48. The number of rotatable bonds is 13. The molecule has 0 radical (unpaired) electrons. The van der Waals surface area contributed by atoms with Gasteiger partial charge in [-0.25, -0.2) is 12.8 Å². The van der Waals surface area contributed by atoms with Gasteiger partial charge in [0.1, 0.15) is 18.4 Å². The van der Waals surface area contributed by atoms with E-state index in [1.165, 1.54) is 35.2 Å². The summed E-state index contributed by atoms with van der Waals surface area (Å²) in [7, 11) is -4.27. The Morgan fingerprint density at radius 1 is 0.889 bits per heavy atom. The number of nitrogens with one attached hydrogen (secondary N) is 1. The first kappa shape index (κ1) is 33.7. The molecule has 2 amide bonds. The Labute approximate surface area is 269 Å². The molecule has 4 aromatic rings. The van der Waals surface area contributed by atoms with E-state index in [1.807, 2.05) is 57.2 Å². The van der Waals surface area contributed by atoms with E-state index in [-0.39, 0.29) is 35.0 Å². The van der Waals surface area contributed by atoms with Crippen molar-refractivity contribution in [2.45, 2.75) is 44.7 Å². The fourth-order valence-corrected chi connectivity index (χ4v) is 6.36. The van der Waals surface area contributed by atoms with Crippen LogP contribution >= 0.6 is 11.6 Å². The van der Waals surface area contributed by atoms with Crippen LogP contribution in [0.1, 0.15) is 30.5 Å². The third-order valence-corrected chi connectivity index (χ3v) is 9.26. The summed E-state index contributed by atoms with van der Waals surface area (Å²) in [4.78, 5) is 29.4. The summed E-state index contributed by atoms with van der Waals surface area (Å²) in [6, 6.07) is 26.6. The van der Waals surface area contributed by atoms with Crippen molar-refractivity contribution in [2.75, 3.05) is 17.4 Å². The minimum Gasteiger partial charge on any atom is -0.354 e. The van der Waals surface area contributed by atoms with E-state index in [0.717, 1.165) is 15.4 Å². The quantitative estimate of drug-likeness (QED) is 0.182. The Bertz CT molecular complexity index is 1720. The minimum atomic E-state index is -4.27. The number of benzene rings is 4. The van der Waals surface area contributed by atoms with Crippen molar-refractivity contribution in [3.63, 3.8) is 0 Å². The molecule has 4 aromatic carbocycles. The number of hydrogen-bond donors (Lipinski definition) is 1. The maximum absolute atomic E-state index is 15.0. The molecule has 0 unspecified atom stereocenters. The van der Waals surface area contributed by atoms with Crippen LogP contribution in [0, 0.1) is 18.7 Å².